The van der Waals surface area contributed by atoms with Crippen LogP contribution in [0, 0.1) is 26.2 Å². The largest absolute Gasteiger partial charge is 0.508 e. The molecule has 44 heavy (non-hydrogen) atoms. The Kier molecular flexibility index (Phi) is 11.6. The van der Waals surface area contributed by atoms with Crippen molar-refractivity contribution < 1.29 is 24.2 Å². The number of alkyl carbamates (subject to hydrolysis) is 1. The molecule has 232 valence electrons. The van der Waals surface area contributed by atoms with Crippen molar-refractivity contribution in [3.63, 3.8) is 0 Å². The summed E-state index contributed by atoms with van der Waals surface area (Å²) < 4.78 is 5.50. The number of nitrogens with zero attached hydrogens (tertiary/aromatic N) is 1. The third-order valence-corrected chi connectivity index (χ3v) is 7.08. The first-order valence-corrected chi connectivity index (χ1v) is 14.8. The van der Waals surface area contributed by atoms with Crippen molar-refractivity contribution in [2.75, 3.05) is 11.9 Å². The number of para-hydroxylation sites is 1. The van der Waals surface area contributed by atoms with E-state index in [-0.39, 0.29) is 24.6 Å². The number of hydrogen-bond donors (Lipinski definition) is 3. The highest BCUT2D eigenvalue weighted by atomic mass is 16.6. The van der Waals surface area contributed by atoms with Gasteiger partial charge in [0.1, 0.15) is 23.4 Å². The Balaban J connectivity index is 2.10. The van der Waals surface area contributed by atoms with Crippen LogP contribution in [0.15, 0.2) is 66.7 Å². The fourth-order valence-electron chi connectivity index (χ4n) is 4.85. The van der Waals surface area contributed by atoms with Gasteiger partial charge < -0.3 is 25.4 Å². The summed E-state index contributed by atoms with van der Waals surface area (Å²) in [5, 5.41) is 15.6. The van der Waals surface area contributed by atoms with Crippen LogP contribution in [0.4, 0.5) is 10.5 Å². The number of aryl methyl sites for hydroxylation is 2. The fourth-order valence-corrected chi connectivity index (χ4v) is 4.85. The van der Waals surface area contributed by atoms with Crippen LogP contribution in [0.5, 0.6) is 5.75 Å². The van der Waals surface area contributed by atoms with Crippen molar-refractivity contribution in [2.24, 2.45) is 0 Å². The first-order valence-electron chi connectivity index (χ1n) is 14.8. The maximum atomic E-state index is 14.5. The molecule has 3 aromatic rings. The molecule has 0 fully saturated rings. The number of phenolic OH excluding ortho intramolecular Hbond substituents is 1. The molecule has 3 amide bonds. The second kappa shape index (κ2) is 15.1. The number of anilines is 1. The molecule has 0 radical (unpaired) electrons. The molecule has 0 saturated carbocycles. The van der Waals surface area contributed by atoms with E-state index in [0.29, 0.717) is 28.8 Å². The van der Waals surface area contributed by atoms with Gasteiger partial charge in [-0.3, -0.25) is 9.59 Å². The normalized spacial score (nSPS) is 12.4. The Labute approximate surface area is 260 Å². The van der Waals surface area contributed by atoms with Gasteiger partial charge in [0.05, 0.1) is 0 Å². The second-order valence-electron chi connectivity index (χ2n) is 11.9. The summed E-state index contributed by atoms with van der Waals surface area (Å²) in [4.78, 5) is 43.3. The van der Waals surface area contributed by atoms with Gasteiger partial charge in [0.25, 0.3) is 5.91 Å². The van der Waals surface area contributed by atoms with E-state index in [0.717, 1.165) is 17.5 Å². The summed E-state index contributed by atoms with van der Waals surface area (Å²) in [6, 6.07) is 17.1. The number of terminal acetylenes is 1. The van der Waals surface area contributed by atoms with E-state index < -0.39 is 29.7 Å². The topological polar surface area (TPSA) is 108 Å². The van der Waals surface area contributed by atoms with Gasteiger partial charge in [0.15, 0.2) is 0 Å². The third-order valence-electron chi connectivity index (χ3n) is 7.08. The lowest BCUT2D eigenvalue weighted by molar-refractivity contribution is -0.140. The number of carbonyl (C=O) groups excluding carboxylic acids is 3. The van der Waals surface area contributed by atoms with Crippen LogP contribution in [0.1, 0.15) is 74.4 Å². The Morgan fingerprint density at radius 1 is 0.977 bits per heavy atom. The maximum Gasteiger partial charge on any atom is 0.408 e. The van der Waals surface area contributed by atoms with E-state index in [2.05, 4.69) is 16.6 Å². The van der Waals surface area contributed by atoms with E-state index in [9.17, 15) is 19.5 Å². The minimum Gasteiger partial charge on any atom is -0.508 e. The summed E-state index contributed by atoms with van der Waals surface area (Å²) in [7, 11) is 0. The van der Waals surface area contributed by atoms with Gasteiger partial charge >= 0.3 is 6.09 Å². The standard InChI is InChI=1S/C36H43N3O5/c1-8-10-22-39(34(42)30(37-35(43)44-36(5,6)7)23-27-16-20-29(40)21-17-27)32(28-18-14-26(9-2)15-19-28)33(41)38-31-24(3)12-11-13-25(31)4/h2,11-21,30,32,40H,8,10,22-23H2,1,3-7H3,(H,37,43)(H,38,41). The molecule has 0 saturated heterocycles. The zero-order valence-electron chi connectivity index (χ0n) is 26.4. The number of rotatable bonds is 11. The summed E-state index contributed by atoms with van der Waals surface area (Å²) in [5.74, 6) is 1.84. The molecule has 0 bridgehead atoms. The van der Waals surface area contributed by atoms with Gasteiger partial charge in [-0.15, -0.1) is 6.42 Å². The van der Waals surface area contributed by atoms with Crippen LogP contribution in [-0.4, -0.2) is 46.1 Å². The van der Waals surface area contributed by atoms with Gasteiger partial charge in [0.2, 0.25) is 5.91 Å². The van der Waals surface area contributed by atoms with Crippen LogP contribution >= 0.6 is 0 Å². The van der Waals surface area contributed by atoms with E-state index in [1.807, 2.05) is 39.0 Å². The molecule has 8 heteroatoms. The lowest BCUT2D eigenvalue weighted by Gasteiger charge is -2.35. The summed E-state index contributed by atoms with van der Waals surface area (Å²) >= 11 is 0. The molecule has 3 N–H and O–H groups in total. The predicted octanol–water partition coefficient (Wildman–Crippen LogP) is 6.43. The van der Waals surface area contributed by atoms with Crippen molar-refractivity contribution >= 4 is 23.6 Å². The third kappa shape index (κ3) is 9.37. The van der Waals surface area contributed by atoms with Crippen molar-refractivity contribution in [3.8, 4) is 18.1 Å². The van der Waals surface area contributed by atoms with Crippen LogP contribution in [0.2, 0.25) is 0 Å². The molecular formula is C36H43N3O5. The van der Waals surface area contributed by atoms with Crippen LogP contribution in [0.3, 0.4) is 0 Å². The molecule has 3 aromatic carbocycles. The Bertz CT molecular complexity index is 1460. The number of carbonyl (C=O) groups is 3. The number of unbranched alkanes of at least 4 members (excludes halogenated alkanes) is 1. The highest BCUT2D eigenvalue weighted by Crippen LogP contribution is 2.28. The Morgan fingerprint density at radius 2 is 1.59 bits per heavy atom. The molecule has 0 spiro atoms. The van der Waals surface area contributed by atoms with Gasteiger partial charge in [-0.05, 0) is 87.6 Å². The van der Waals surface area contributed by atoms with E-state index in [1.54, 1.807) is 57.2 Å². The maximum absolute atomic E-state index is 14.5. The van der Waals surface area contributed by atoms with Crippen molar-refractivity contribution in [3.05, 3.63) is 94.5 Å². The molecular weight excluding hydrogens is 554 g/mol. The number of ether oxygens (including phenoxy) is 1. The molecule has 2 atom stereocenters. The van der Waals surface area contributed by atoms with Crippen LogP contribution in [-0.2, 0) is 20.7 Å². The molecule has 0 aromatic heterocycles. The molecule has 0 aliphatic rings. The number of aromatic hydroxyl groups is 1. The van der Waals surface area contributed by atoms with Gasteiger partial charge in [-0.25, -0.2) is 4.79 Å². The predicted molar refractivity (Wildman–Crippen MR) is 173 cm³/mol. The Hall–Kier alpha value is -4.77. The van der Waals surface area contributed by atoms with Crippen molar-refractivity contribution in [1.29, 1.82) is 0 Å². The monoisotopic (exact) mass is 597 g/mol. The van der Waals surface area contributed by atoms with Gasteiger partial charge in [-0.2, -0.15) is 0 Å². The van der Waals surface area contributed by atoms with Crippen molar-refractivity contribution in [2.45, 2.75) is 78.5 Å². The number of phenols is 1. The van der Waals surface area contributed by atoms with E-state index >= 15 is 0 Å². The highest BCUT2D eigenvalue weighted by molar-refractivity contribution is 6.00. The minimum absolute atomic E-state index is 0.0833. The first-order chi connectivity index (χ1) is 20.8. The summed E-state index contributed by atoms with van der Waals surface area (Å²) in [6.45, 7) is 11.3. The van der Waals surface area contributed by atoms with E-state index in [4.69, 9.17) is 11.2 Å². The number of amides is 3. The second-order valence-corrected chi connectivity index (χ2v) is 11.9. The van der Waals surface area contributed by atoms with Crippen LogP contribution in [0.25, 0.3) is 0 Å². The molecule has 2 unspecified atom stereocenters. The zero-order chi connectivity index (χ0) is 32.4. The van der Waals surface area contributed by atoms with Gasteiger partial charge in [0, 0.05) is 24.2 Å². The Morgan fingerprint density at radius 3 is 2.14 bits per heavy atom. The number of benzene rings is 3. The zero-order valence-corrected chi connectivity index (χ0v) is 26.4. The number of nitrogens with one attached hydrogen (secondary N) is 2. The smallest absolute Gasteiger partial charge is 0.408 e. The molecule has 8 nitrogen and oxygen atoms in total. The quantitative estimate of drug-likeness (QED) is 0.221. The molecule has 0 heterocycles. The van der Waals surface area contributed by atoms with Crippen molar-refractivity contribution in [1.82, 2.24) is 10.2 Å². The molecule has 3 rings (SSSR count). The van der Waals surface area contributed by atoms with Gasteiger partial charge in [-0.1, -0.05) is 61.7 Å². The van der Waals surface area contributed by atoms with Crippen LogP contribution < -0.4 is 10.6 Å². The SMILES string of the molecule is C#Cc1ccc(C(C(=O)Nc2c(C)cccc2C)N(CCCC)C(=O)C(Cc2ccc(O)cc2)NC(=O)OC(C)(C)C)cc1. The molecule has 0 aliphatic carbocycles. The minimum atomic E-state index is -1.06. The first kappa shape index (κ1) is 33.7. The average Bonchev–Trinajstić information content (AvgIpc) is 2.96. The summed E-state index contributed by atoms with van der Waals surface area (Å²) in [5.41, 5.74) is 3.61. The fraction of sp³-hybridized carbons (Fsp3) is 0.361. The summed E-state index contributed by atoms with van der Waals surface area (Å²) in [6.07, 6.45) is 6.35. The lowest BCUT2D eigenvalue weighted by atomic mass is 9.98. The van der Waals surface area contributed by atoms with E-state index in [1.165, 1.54) is 17.0 Å². The number of hydrogen-bond acceptors (Lipinski definition) is 5. The molecule has 0 aliphatic heterocycles. The highest BCUT2D eigenvalue weighted by Gasteiger charge is 2.36. The average molecular weight is 598 g/mol. The lowest BCUT2D eigenvalue weighted by Crippen LogP contribution is -2.53.